The Morgan fingerprint density at radius 1 is 1.58 bits per heavy atom. The number of hydrogen-bond acceptors (Lipinski definition) is 2. The SMILES string of the molecule is N#Cc1c(Cl)cc(F)cc1CN. The molecule has 0 heterocycles. The quantitative estimate of drug-likeness (QED) is 0.724. The third-order valence-corrected chi connectivity index (χ3v) is 1.77. The maximum atomic E-state index is 12.7. The van der Waals surface area contributed by atoms with Gasteiger partial charge in [-0.15, -0.1) is 0 Å². The maximum absolute atomic E-state index is 12.7. The first-order valence-corrected chi connectivity index (χ1v) is 3.65. The molecule has 62 valence electrons. The van der Waals surface area contributed by atoms with Crippen LogP contribution in [0.5, 0.6) is 0 Å². The first-order valence-electron chi connectivity index (χ1n) is 3.27. The number of halogens is 2. The molecule has 0 aromatic heterocycles. The highest BCUT2D eigenvalue weighted by Crippen LogP contribution is 2.20. The van der Waals surface area contributed by atoms with Crippen molar-refractivity contribution in [3.8, 4) is 6.07 Å². The largest absolute Gasteiger partial charge is 0.326 e. The van der Waals surface area contributed by atoms with Crippen LogP contribution in [0.3, 0.4) is 0 Å². The van der Waals surface area contributed by atoms with Gasteiger partial charge in [0.25, 0.3) is 0 Å². The van der Waals surface area contributed by atoms with Gasteiger partial charge in [-0.25, -0.2) is 4.39 Å². The number of rotatable bonds is 1. The summed E-state index contributed by atoms with van der Waals surface area (Å²) in [6, 6.07) is 4.17. The molecule has 0 saturated carbocycles. The normalized spacial score (nSPS) is 9.50. The van der Waals surface area contributed by atoms with Gasteiger partial charge in [-0.1, -0.05) is 11.6 Å². The first-order chi connectivity index (χ1) is 5.69. The van der Waals surface area contributed by atoms with Crippen molar-refractivity contribution in [3.63, 3.8) is 0 Å². The van der Waals surface area contributed by atoms with Gasteiger partial charge in [0.15, 0.2) is 0 Å². The van der Waals surface area contributed by atoms with Gasteiger partial charge in [0.1, 0.15) is 11.9 Å². The Hall–Kier alpha value is -1.11. The van der Waals surface area contributed by atoms with Crippen LogP contribution in [0.1, 0.15) is 11.1 Å². The van der Waals surface area contributed by atoms with Crippen LogP contribution in [-0.4, -0.2) is 0 Å². The molecule has 1 aromatic carbocycles. The van der Waals surface area contributed by atoms with Gasteiger partial charge in [-0.2, -0.15) is 5.26 Å². The highest BCUT2D eigenvalue weighted by molar-refractivity contribution is 6.31. The van der Waals surface area contributed by atoms with E-state index >= 15 is 0 Å². The smallest absolute Gasteiger partial charge is 0.125 e. The van der Waals surface area contributed by atoms with E-state index in [-0.39, 0.29) is 17.1 Å². The lowest BCUT2D eigenvalue weighted by molar-refractivity contribution is 0.625. The summed E-state index contributed by atoms with van der Waals surface area (Å²) in [7, 11) is 0. The molecule has 1 rings (SSSR count). The number of nitriles is 1. The van der Waals surface area contributed by atoms with E-state index in [1.54, 1.807) is 0 Å². The average molecular weight is 185 g/mol. The van der Waals surface area contributed by atoms with E-state index in [4.69, 9.17) is 22.6 Å². The third kappa shape index (κ3) is 1.55. The van der Waals surface area contributed by atoms with Crippen molar-refractivity contribution < 1.29 is 4.39 Å². The highest BCUT2D eigenvalue weighted by Gasteiger charge is 2.07. The van der Waals surface area contributed by atoms with Crippen molar-refractivity contribution in [2.24, 2.45) is 5.73 Å². The summed E-state index contributed by atoms with van der Waals surface area (Å²) in [5, 5.41) is 8.72. The van der Waals surface area contributed by atoms with Gasteiger partial charge >= 0.3 is 0 Å². The summed E-state index contributed by atoms with van der Waals surface area (Å²) in [5.74, 6) is -0.473. The molecule has 0 fully saturated rings. The summed E-state index contributed by atoms with van der Waals surface area (Å²) >= 11 is 5.60. The molecule has 0 unspecified atom stereocenters. The van der Waals surface area contributed by atoms with Crippen LogP contribution < -0.4 is 5.73 Å². The predicted molar refractivity (Wildman–Crippen MR) is 44.0 cm³/mol. The van der Waals surface area contributed by atoms with Gasteiger partial charge in [0.2, 0.25) is 0 Å². The van der Waals surface area contributed by atoms with Crippen molar-refractivity contribution >= 4 is 11.6 Å². The standard InChI is InChI=1S/C8H6ClFN2/c9-8-2-6(10)1-5(3-11)7(8)4-12/h1-2H,3,11H2. The van der Waals surface area contributed by atoms with Gasteiger partial charge in [0, 0.05) is 6.54 Å². The van der Waals surface area contributed by atoms with E-state index in [0.717, 1.165) is 6.07 Å². The zero-order chi connectivity index (χ0) is 9.14. The second-order valence-electron chi connectivity index (χ2n) is 2.24. The fourth-order valence-corrected chi connectivity index (χ4v) is 1.18. The minimum Gasteiger partial charge on any atom is -0.326 e. The van der Waals surface area contributed by atoms with Gasteiger partial charge in [0.05, 0.1) is 10.6 Å². The van der Waals surface area contributed by atoms with Crippen molar-refractivity contribution in [3.05, 3.63) is 34.1 Å². The minimum absolute atomic E-state index is 0.109. The van der Waals surface area contributed by atoms with Crippen LogP contribution in [0.25, 0.3) is 0 Å². The van der Waals surface area contributed by atoms with E-state index in [1.165, 1.54) is 6.07 Å². The lowest BCUT2D eigenvalue weighted by Crippen LogP contribution is -2.00. The molecule has 12 heavy (non-hydrogen) atoms. The van der Waals surface area contributed by atoms with Crippen molar-refractivity contribution in [2.45, 2.75) is 6.54 Å². The second-order valence-corrected chi connectivity index (χ2v) is 2.64. The number of benzene rings is 1. The van der Waals surface area contributed by atoms with Gasteiger partial charge < -0.3 is 5.73 Å². The Balaban J connectivity index is 3.36. The Bertz CT molecular complexity index is 344. The lowest BCUT2D eigenvalue weighted by atomic mass is 10.1. The van der Waals surface area contributed by atoms with E-state index in [1.807, 2.05) is 6.07 Å². The third-order valence-electron chi connectivity index (χ3n) is 1.47. The van der Waals surface area contributed by atoms with Crippen LogP contribution in [0, 0.1) is 17.1 Å². The van der Waals surface area contributed by atoms with Gasteiger partial charge in [-0.3, -0.25) is 0 Å². The van der Waals surface area contributed by atoms with Crippen molar-refractivity contribution in [1.82, 2.24) is 0 Å². The Morgan fingerprint density at radius 2 is 2.25 bits per heavy atom. The lowest BCUT2D eigenvalue weighted by Gasteiger charge is -2.01. The minimum atomic E-state index is -0.473. The Labute approximate surface area is 74.4 Å². The van der Waals surface area contributed by atoms with Crippen molar-refractivity contribution in [1.29, 1.82) is 5.26 Å². The topological polar surface area (TPSA) is 49.8 Å². The van der Waals surface area contributed by atoms with Crippen molar-refractivity contribution in [2.75, 3.05) is 0 Å². The predicted octanol–water partition coefficient (Wildman–Crippen LogP) is 1.81. The van der Waals surface area contributed by atoms with E-state index in [9.17, 15) is 4.39 Å². The summed E-state index contributed by atoms with van der Waals surface area (Å²) in [4.78, 5) is 0. The molecular formula is C8H6ClFN2. The summed E-state index contributed by atoms with van der Waals surface area (Å²) in [6.45, 7) is 0.111. The first kappa shape index (κ1) is 8.98. The molecule has 0 amide bonds. The number of hydrogen-bond donors (Lipinski definition) is 1. The Kier molecular flexibility index (Phi) is 2.64. The molecule has 0 aliphatic rings. The van der Waals surface area contributed by atoms with E-state index in [0.29, 0.717) is 5.56 Å². The number of nitrogens with zero attached hydrogens (tertiary/aromatic N) is 1. The van der Waals surface area contributed by atoms with Crippen LogP contribution in [0.2, 0.25) is 5.02 Å². The Morgan fingerprint density at radius 3 is 2.75 bits per heavy atom. The molecule has 2 N–H and O–H groups in total. The zero-order valence-electron chi connectivity index (χ0n) is 6.14. The molecular weight excluding hydrogens is 179 g/mol. The molecule has 0 aliphatic carbocycles. The molecule has 0 radical (unpaired) electrons. The van der Waals surface area contributed by atoms with E-state index < -0.39 is 5.82 Å². The second kappa shape index (κ2) is 3.53. The summed E-state index contributed by atoms with van der Waals surface area (Å²) < 4.78 is 12.7. The van der Waals surface area contributed by atoms with Crippen LogP contribution in [0.15, 0.2) is 12.1 Å². The fraction of sp³-hybridized carbons (Fsp3) is 0.125. The van der Waals surface area contributed by atoms with Gasteiger partial charge in [-0.05, 0) is 17.7 Å². The zero-order valence-corrected chi connectivity index (χ0v) is 6.90. The van der Waals surface area contributed by atoms with Crippen LogP contribution in [-0.2, 0) is 6.54 Å². The monoisotopic (exact) mass is 184 g/mol. The molecule has 4 heteroatoms. The summed E-state index contributed by atoms with van der Waals surface area (Å²) in [5.41, 5.74) is 5.97. The molecule has 0 bridgehead atoms. The average Bonchev–Trinajstić information content (AvgIpc) is 2.03. The molecule has 2 nitrogen and oxygen atoms in total. The molecule has 0 spiro atoms. The van der Waals surface area contributed by atoms with Crippen LogP contribution >= 0.6 is 11.6 Å². The molecule has 0 saturated heterocycles. The maximum Gasteiger partial charge on any atom is 0.125 e. The fourth-order valence-electron chi connectivity index (χ4n) is 0.913. The van der Waals surface area contributed by atoms with E-state index in [2.05, 4.69) is 0 Å². The summed E-state index contributed by atoms with van der Waals surface area (Å²) in [6.07, 6.45) is 0. The molecule has 1 aromatic rings. The molecule has 0 atom stereocenters. The van der Waals surface area contributed by atoms with Crippen LogP contribution in [0.4, 0.5) is 4.39 Å². The number of nitrogens with two attached hydrogens (primary N) is 1. The highest BCUT2D eigenvalue weighted by atomic mass is 35.5. The molecule has 0 aliphatic heterocycles.